The van der Waals surface area contributed by atoms with Crippen molar-refractivity contribution in [1.29, 1.82) is 5.41 Å². The van der Waals surface area contributed by atoms with Crippen molar-refractivity contribution in [2.45, 2.75) is 25.8 Å². The van der Waals surface area contributed by atoms with Crippen molar-refractivity contribution in [1.82, 2.24) is 4.90 Å². The maximum Gasteiger partial charge on any atom is 0.304 e. The lowest BCUT2D eigenvalue weighted by molar-refractivity contribution is -0.144. The van der Waals surface area contributed by atoms with Crippen LogP contribution in [0.2, 0.25) is 0 Å². The third-order valence-corrected chi connectivity index (χ3v) is 6.34. The summed E-state index contributed by atoms with van der Waals surface area (Å²) in [6, 6.07) is 21.8. The number of nitrogens with two attached hydrogens (primary N) is 1. The van der Waals surface area contributed by atoms with E-state index in [0.717, 1.165) is 16.7 Å². The number of nitrogens with zero attached hydrogens (tertiary/aromatic N) is 1. The lowest BCUT2D eigenvalue weighted by Gasteiger charge is -2.24. The summed E-state index contributed by atoms with van der Waals surface area (Å²) in [4.78, 5) is 39.2. The molecule has 0 aliphatic carbocycles. The van der Waals surface area contributed by atoms with Crippen LogP contribution in [0.4, 0.5) is 5.69 Å². The predicted octanol–water partition coefficient (Wildman–Crippen LogP) is 3.44. The molecule has 5 N–H and O–H groups in total. The molecule has 0 spiro atoms. The molecule has 8 heteroatoms. The van der Waals surface area contributed by atoms with Crippen LogP contribution in [0.25, 0.3) is 0 Å². The highest BCUT2D eigenvalue weighted by molar-refractivity contribution is 6.05. The highest BCUT2D eigenvalue weighted by atomic mass is 16.4. The number of anilines is 1. The van der Waals surface area contributed by atoms with Gasteiger partial charge in [-0.05, 0) is 53.8 Å². The fourth-order valence-electron chi connectivity index (χ4n) is 4.42. The summed E-state index contributed by atoms with van der Waals surface area (Å²) < 4.78 is 0. The van der Waals surface area contributed by atoms with Gasteiger partial charge in [0.15, 0.2) is 0 Å². The van der Waals surface area contributed by atoms with Gasteiger partial charge in [0.05, 0.1) is 12.3 Å². The van der Waals surface area contributed by atoms with Gasteiger partial charge in [-0.15, -0.1) is 0 Å². The Morgan fingerprint density at radius 2 is 1.69 bits per heavy atom. The number of amidine groups is 1. The Kier molecular flexibility index (Phi) is 7.44. The van der Waals surface area contributed by atoms with Gasteiger partial charge in [0.2, 0.25) is 5.91 Å². The van der Waals surface area contributed by atoms with E-state index in [4.69, 9.17) is 11.1 Å². The quantitative estimate of drug-likeness (QED) is 0.287. The van der Waals surface area contributed by atoms with Crippen molar-refractivity contribution >= 4 is 29.3 Å². The second-order valence-corrected chi connectivity index (χ2v) is 8.92. The Labute approximate surface area is 209 Å². The van der Waals surface area contributed by atoms with Crippen molar-refractivity contribution in [3.8, 4) is 0 Å². The number of benzene rings is 3. The number of carbonyl (C=O) groups is 3. The van der Waals surface area contributed by atoms with Gasteiger partial charge in [-0.1, -0.05) is 48.5 Å². The number of amides is 2. The molecule has 8 nitrogen and oxygen atoms in total. The number of carbonyl (C=O) groups excluding carboxylic acids is 2. The monoisotopic (exact) mass is 484 g/mol. The molecule has 3 aromatic carbocycles. The van der Waals surface area contributed by atoms with Gasteiger partial charge in [0.25, 0.3) is 5.91 Å². The molecule has 0 radical (unpaired) electrons. The summed E-state index contributed by atoms with van der Waals surface area (Å²) in [6.07, 6.45) is 0.770. The topological polar surface area (TPSA) is 137 Å². The maximum atomic E-state index is 13.3. The zero-order chi connectivity index (χ0) is 25.7. The third kappa shape index (κ3) is 5.96. The average Bonchev–Trinajstić information content (AvgIpc) is 2.99. The summed E-state index contributed by atoms with van der Waals surface area (Å²) in [6.45, 7) is 0.811. The minimum Gasteiger partial charge on any atom is -0.481 e. The second-order valence-electron chi connectivity index (χ2n) is 8.92. The zero-order valence-corrected chi connectivity index (χ0v) is 19.7. The first-order chi connectivity index (χ1) is 17.3. The molecule has 0 bridgehead atoms. The van der Waals surface area contributed by atoms with Gasteiger partial charge in [0.1, 0.15) is 5.84 Å². The third-order valence-electron chi connectivity index (χ3n) is 6.34. The van der Waals surface area contributed by atoms with Crippen LogP contribution in [-0.2, 0) is 29.0 Å². The Bertz CT molecular complexity index is 1290. The highest BCUT2D eigenvalue weighted by Gasteiger charge is 2.31. The van der Waals surface area contributed by atoms with Crippen LogP contribution in [0.1, 0.15) is 39.0 Å². The molecular weight excluding hydrogens is 456 g/mol. The fraction of sp³-hybridized carbons (Fsp3) is 0.214. The summed E-state index contributed by atoms with van der Waals surface area (Å²) >= 11 is 0. The van der Waals surface area contributed by atoms with E-state index in [1.807, 2.05) is 42.5 Å². The van der Waals surface area contributed by atoms with Crippen molar-refractivity contribution in [2.75, 3.05) is 11.9 Å². The molecule has 0 saturated carbocycles. The van der Waals surface area contributed by atoms with E-state index >= 15 is 0 Å². The number of hydrogen-bond acceptors (Lipinski definition) is 4. The van der Waals surface area contributed by atoms with Crippen molar-refractivity contribution < 1.29 is 19.5 Å². The second kappa shape index (κ2) is 10.9. The van der Waals surface area contributed by atoms with E-state index in [-0.39, 0.29) is 24.1 Å². The van der Waals surface area contributed by atoms with Gasteiger partial charge in [0, 0.05) is 29.9 Å². The zero-order valence-electron chi connectivity index (χ0n) is 19.7. The fourth-order valence-corrected chi connectivity index (χ4v) is 4.42. The molecule has 1 heterocycles. The van der Waals surface area contributed by atoms with Crippen molar-refractivity contribution in [3.05, 3.63) is 101 Å². The predicted molar refractivity (Wildman–Crippen MR) is 137 cm³/mol. The number of nitrogens with one attached hydrogen (secondary N) is 2. The van der Waals surface area contributed by atoms with Crippen LogP contribution < -0.4 is 11.1 Å². The van der Waals surface area contributed by atoms with E-state index in [1.54, 1.807) is 35.2 Å². The van der Waals surface area contributed by atoms with Crippen LogP contribution in [0.5, 0.6) is 0 Å². The molecule has 1 atom stereocenters. The first-order valence-corrected chi connectivity index (χ1v) is 11.7. The molecule has 4 rings (SSSR count). The summed E-state index contributed by atoms with van der Waals surface area (Å²) in [5, 5.41) is 19.7. The van der Waals surface area contributed by atoms with Crippen LogP contribution in [-0.4, -0.2) is 40.2 Å². The number of aliphatic carboxylic acids is 1. The van der Waals surface area contributed by atoms with Crippen LogP contribution in [0.3, 0.4) is 0 Å². The van der Waals surface area contributed by atoms with Crippen molar-refractivity contribution in [3.63, 3.8) is 0 Å². The van der Waals surface area contributed by atoms with Gasteiger partial charge in [-0.25, -0.2) is 0 Å². The number of fused-ring (bicyclic) bond motifs is 1. The van der Waals surface area contributed by atoms with Gasteiger partial charge in [-0.3, -0.25) is 19.8 Å². The van der Waals surface area contributed by atoms with Gasteiger partial charge >= 0.3 is 5.97 Å². The Morgan fingerprint density at radius 1 is 1.00 bits per heavy atom. The molecule has 184 valence electrons. The number of carboxylic acid groups (broad SMARTS) is 1. The van der Waals surface area contributed by atoms with Crippen LogP contribution in [0, 0.1) is 11.3 Å². The van der Waals surface area contributed by atoms with E-state index in [1.165, 1.54) is 0 Å². The first-order valence-electron chi connectivity index (χ1n) is 11.7. The lowest BCUT2D eigenvalue weighted by Crippen LogP contribution is -2.37. The number of carboxylic acids is 1. The summed E-state index contributed by atoms with van der Waals surface area (Å²) in [5.74, 6) is -2.18. The van der Waals surface area contributed by atoms with E-state index < -0.39 is 11.9 Å². The number of hydrogen-bond donors (Lipinski definition) is 4. The Balaban J connectivity index is 1.55. The molecule has 3 aromatic rings. The SMILES string of the molecule is N=C(N)c1ccc(C(=O)Nc2ccc3c(c2)CN(CCc2ccccc2)C(=O)[C@@H](CC(=O)O)C3)cc1. The molecule has 1 aliphatic heterocycles. The first kappa shape index (κ1) is 24.7. The molecule has 0 aromatic heterocycles. The molecule has 0 saturated heterocycles. The number of rotatable bonds is 8. The van der Waals surface area contributed by atoms with E-state index in [0.29, 0.717) is 42.7 Å². The Morgan fingerprint density at radius 3 is 2.36 bits per heavy atom. The standard InChI is InChI=1S/C28H28N4O4/c29-26(30)19-6-8-20(9-7-19)27(35)31-24-11-10-21-14-22(16-25(33)34)28(36)32(17-23(21)15-24)13-12-18-4-2-1-3-5-18/h1-11,15,22H,12-14,16-17H2,(H3,29,30)(H,31,35)(H,33,34)/t22-/m1/s1. The van der Waals surface area contributed by atoms with Crippen LogP contribution in [0.15, 0.2) is 72.8 Å². The van der Waals surface area contributed by atoms with Crippen LogP contribution >= 0.6 is 0 Å². The summed E-state index contributed by atoms with van der Waals surface area (Å²) in [7, 11) is 0. The largest absolute Gasteiger partial charge is 0.481 e. The lowest BCUT2D eigenvalue weighted by atomic mass is 9.94. The minimum absolute atomic E-state index is 0.0692. The molecular formula is C28H28N4O4. The molecule has 36 heavy (non-hydrogen) atoms. The van der Waals surface area contributed by atoms with E-state index in [2.05, 4.69) is 5.32 Å². The molecule has 0 unspecified atom stereocenters. The minimum atomic E-state index is -1.00. The smallest absolute Gasteiger partial charge is 0.304 e. The number of nitrogen functional groups attached to an aromatic ring is 1. The Hall–Kier alpha value is -4.46. The van der Waals surface area contributed by atoms with E-state index in [9.17, 15) is 19.5 Å². The molecule has 0 fully saturated rings. The van der Waals surface area contributed by atoms with Gasteiger partial charge < -0.3 is 21.1 Å². The molecule has 2 amide bonds. The molecule has 1 aliphatic rings. The normalized spacial score (nSPS) is 15.1. The van der Waals surface area contributed by atoms with Crippen molar-refractivity contribution in [2.24, 2.45) is 11.7 Å². The van der Waals surface area contributed by atoms with Gasteiger partial charge in [-0.2, -0.15) is 0 Å². The summed E-state index contributed by atoms with van der Waals surface area (Å²) in [5.41, 5.74) is 9.91. The average molecular weight is 485 g/mol. The maximum absolute atomic E-state index is 13.3. The highest BCUT2D eigenvalue weighted by Crippen LogP contribution is 2.28.